The molecular formula is C10H13N5. The standard InChI is InChI=1S/C10H13N5/c1-2-11-6-8(1)5-9-13-14-10-7-12-3-4-15(9)10/h3-4,7-8,11H,1-2,5-6H2. The first kappa shape index (κ1) is 8.79. The first-order valence-electron chi connectivity index (χ1n) is 5.28. The van der Waals surface area contributed by atoms with Gasteiger partial charge in [0.15, 0.2) is 5.65 Å². The van der Waals surface area contributed by atoms with Crippen molar-refractivity contribution < 1.29 is 0 Å². The average molecular weight is 203 g/mol. The number of fused-ring (bicyclic) bond motifs is 1. The topological polar surface area (TPSA) is 55.1 Å². The monoisotopic (exact) mass is 203 g/mol. The van der Waals surface area contributed by atoms with Gasteiger partial charge in [0.1, 0.15) is 5.82 Å². The van der Waals surface area contributed by atoms with Gasteiger partial charge in [0.2, 0.25) is 0 Å². The Morgan fingerprint density at radius 3 is 3.33 bits per heavy atom. The van der Waals surface area contributed by atoms with E-state index in [1.165, 1.54) is 6.42 Å². The first-order chi connectivity index (χ1) is 7.43. The van der Waals surface area contributed by atoms with Gasteiger partial charge in [-0.05, 0) is 25.4 Å². The summed E-state index contributed by atoms with van der Waals surface area (Å²) < 4.78 is 2.02. The van der Waals surface area contributed by atoms with Crippen molar-refractivity contribution in [3.8, 4) is 0 Å². The van der Waals surface area contributed by atoms with Gasteiger partial charge < -0.3 is 5.32 Å². The van der Waals surface area contributed by atoms with Gasteiger partial charge in [0.25, 0.3) is 0 Å². The molecule has 1 saturated heterocycles. The van der Waals surface area contributed by atoms with Crippen LogP contribution in [0.2, 0.25) is 0 Å². The summed E-state index contributed by atoms with van der Waals surface area (Å²) in [5, 5.41) is 11.7. The largest absolute Gasteiger partial charge is 0.316 e. The summed E-state index contributed by atoms with van der Waals surface area (Å²) in [5.74, 6) is 1.74. The van der Waals surface area contributed by atoms with Crippen LogP contribution in [0.4, 0.5) is 0 Å². The van der Waals surface area contributed by atoms with Gasteiger partial charge in [0.05, 0.1) is 6.20 Å². The zero-order valence-corrected chi connectivity index (χ0v) is 8.43. The second-order valence-corrected chi connectivity index (χ2v) is 3.98. The van der Waals surface area contributed by atoms with Crippen LogP contribution in [0.1, 0.15) is 12.2 Å². The van der Waals surface area contributed by atoms with Crippen molar-refractivity contribution in [3.05, 3.63) is 24.4 Å². The minimum absolute atomic E-state index is 0.700. The zero-order chi connectivity index (χ0) is 10.1. The molecule has 1 unspecified atom stereocenters. The van der Waals surface area contributed by atoms with E-state index in [1.54, 1.807) is 12.4 Å². The summed E-state index contributed by atoms with van der Waals surface area (Å²) in [5.41, 5.74) is 0.832. The highest BCUT2D eigenvalue weighted by molar-refractivity contribution is 5.33. The van der Waals surface area contributed by atoms with Crippen LogP contribution in [0.15, 0.2) is 18.6 Å². The van der Waals surface area contributed by atoms with Crippen LogP contribution in [0, 0.1) is 5.92 Å². The SMILES string of the molecule is c1cn2c(CC3CCNC3)nnc2cn1. The molecule has 1 N–H and O–H groups in total. The van der Waals surface area contributed by atoms with E-state index in [-0.39, 0.29) is 0 Å². The number of nitrogens with zero attached hydrogens (tertiary/aromatic N) is 4. The Morgan fingerprint density at radius 2 is 2.47 bits per heavy atom. The number of nitrogens with one attached hydrogen (secondary N) is 1. The van der Waals surface area contributed by atoms with Gasteiger partial charge in [0, 0.05) is 18.8 Å². The van der Waals surface area contributed by atoms with Gasteiger partial charge in [-0.1, -0.05) is 0 Å². The third-order valence-electron chi connectivity index (χ3n) is 2.92. The molecule has 1 fully saturated rings. The molecule has 2 aromatic heterocycles. The fourth-order valence-electron chi connectivity index (χ4n) is 2.09. The van der Waals surface area contributed by atoms with E-state index in [9.17, 15) is 0 Å². The van der Waals surface area contributed by atoms with Crippen molar-refractivity contribution in [1.29, 1.82) is 0 Å². The molecule has 78 valence electrons. The summed E-state index contributed by atoms with van der Waals surface area (Å²) in [6.07, 6.45) is 7.67. The Hall–Kier alpha value is -1.49. The van der Waals surface area contributed by atoms with Gasteiger partial charge in [-0.25, -0.2) is 0 Å². The van der Waals surface area contributed by atoms with Crippen LogP contribution in [0.3, 0.4) is 0 Å². The fourth-order valence-corrected chi connectivity index (χ4v) is 2.09. The second-order valence-electron chi connectivity index (χ2n) is 3.98. The highest BCUT2D eigenvalue weighted by atomic mass is 15.2. The molecule has 5 nitrogen and oxygen atoms in total. The fraction of sp³-hybridized carbons (Fsp3) is 0.500. The van der Waals surface area contributed by atoms with Gasteiger partial charge in [-0.2, -0.15) is 0 Å². The quantitative estimate of drug-likeness (QED) is 0.761. The van der Waals surface area contributed by atoms with E-state index >= 15 is 0 Å². The molecule has 5 heteroatoms. The minimum atomic E-state index is 0.700. The molecule has 15 heavy (non-hydrogen) atoms. The molecule has 0 saturated carbocycles. The number of hydrogen-bond acceptors (Lipinski definition) is 4. The van der Waals surface area contributed by atoms with E-state index in [0.29, 0.717) is 5.92 Å². The number of hydrogen-bond donors (Lipinski definition) is 1. The van der Waals surface area contributed by atoms with E-state index < -0.39 is 0 Å². The molecular weight excluding hydrogens is 190 g/mol. The van der Waals surface area contributed by atoms with Crippen LogP contribution < -0.4 is 5.32 Å². The molecule has 2 aromatic rings. The van der Waals surface area contributed by atoms with E-state index in [1.807, 2.05) is 10.6 Å². The van der Waals surface area contributed by atoms with Gasteiger partial charge in [-0.15, -0.1) is 10.2 Å². The summed E-state index contributed by atoms with van der Waals surface area (Å²) in [4.78, 5) is 4.02. The third-order valence-corrected chi connectivity index (χ3v) is 2.92. The van der Waals surface area contributed by atoms with Gasteiger partial charge >= 0.3 is 0 Å². The van der Waals surface area contributed by atoms with Crippen LogP contribution in [-0.4, -0.2) is 32.7 Å². The Morgan fingerprint density at radius 1 is 1.47 bits per heavy atom. The number of rotatable bonds is 2. The van der Waals surface area contributed by atoms with Crippen molar-refractivity contribution in [2.24, 2.45) is 5.92 Å². The number of aromatic nitrogens is 4. The van der Waals surface area contributed by atoms with Crippen molar-refractivity contribution in [2.75, 3.05) is 13.1 Å². The molecule has 3 rings (SSSR count). The summed E-state index contributed by atoms with van der Waals surface area (Å²) in [6.45, 7) is 2.23. The molecule has 0 aromatic carbocycles. The lowest BCUT2D eigenvalue weighted by Crippen LogP contribution is -2.12. The maximum Gasteiger partial charge on any atom is 0.179 e. The van der Waals surface area contributed by atoms with Crippen LogP contribution in [-0.2, 0) is 6.42 Å². The van der Waals surface area contributed by atoms with Crippen LogP contribution in [0.5, 0.6) is 0 Å². The summed E-state index contributed by atoms with van der Waals surface area (Å²) in [7, 11) is 0. The normalized spacial score (nSPS) is 21.2. The highest BCUT2D eigenvalue weighted by Crippen LogP contribution is 2.14. The molecule has 0 aliphatic carbocycles. The highest BCUT2D eigenvalue weighted by Gasteiger charge is 2.17. The third kappa shape index (κ3) is 1.59. The Labute approximate surface area is 87.5 Å². The van der Waals surface area contributed by atoms with E-state index in [4.69, 9.17) is 0 Å². The van der Waals surface area contributed by atoms with Crippen molar-refractivity contribution >= 4 is 5.65 Å². The van der Waals surface area contributed by atoms with Crippen molar-refractivity contribution in [1.82, 2.24) is 24.9 Å². The lowest BCUT2D eigenvalue weighted by Gasteiger charge is -2.05. The minimum Gasteiger partial charge on any atom is -0.316 e. The van der Waals surface area contributed by atoms with Gasteiger partial charge in [-0.3, -0.25) is 9.38 Å². The van der Waals surface area contributed by atoms with Crippen molar-refractivity contribution in [2.45, 2.75) is 12.8 Å². The molecule has 0 bridgehead atoms. The molecule has 0 spiro atoms. The second kappa shape index (κ2) is 3.58. The van der Waals surface area contributed by atoms with E-state index in [2.05, 4.69) is 20.5 Å². The molecule has 3 heterocycles. The lowest BCUT2D eigenvalue weighted by molar-refractivity contribution is 0.558. The Bertz CT molecular complexity index is 458. The molecule has 0 amide bonds. The molecule has 0 radical (unpaired) electrons. The summed E-state index contributed by atoms with van der Waals surface area (Å²) >= 11 is 0. The average Bonchev–Trinajstić information content (AvgIpc) is 2.89. The van der Waals surface area contributed by atoms with E-state index in [0.717, 1.165) is 31.0 Å². The predicted molar refractivity (Wildman–Crippen MR) is 55.5 cm³/mol. The van der Waals surface area contributed by atoms with Crippen molar-refractivity contribution in [3.63, 3.8) is 0 Å². The zero-order valence-electron chi connectivity index (χ0n) is 8.43. The molecule has 1 aliphatic rings. The Kier molecular flexibility index (Phi) is 2.10. The maximum atomic E-state index is 4.20. The Balaban J connectivity index is 1.90. The van der Waals surface area contributed by atoms with Crippen LogP contribution >= 0.6 is 0 Å². The smallest absolute Gasteiger partial charge is 0.179 e. The molecule has 1 atom stereocenters. The summed E-state index contributed by atoms with van der Waals surface area (Å²) in [6, 6.07) is 0. The predicted octanol–water partition coefficient (Wildman–Crippen LogP) is 0.276. The molecule has 1 aliphatic heterocycles. The van der Waals surface area contributed by atoms with Crippen LogP contribution in [0.25, 0.3) is 5.65 Å². The maximum absolute atomic E-state index is 4.20. The first-order valence-corrected chi connectivity index (χ1v) is 5.28. The lowest BCUT2D eigenvalue weighted by atomic mass is 10.1.